The molecule has 2 aromatic carbocycles. The molecule has 0 aliphatic carbocycles. The van der Waals surface area contributed by atoms with Crippen LogP contribution in [0.5, 0.6) is 5.75 Å². The predicted molar refractivity (Wildman–Crippen MR) is 175 cm³/mol. The molecular weight excluding hydrogens is 550 g/mol. The van der Waals surface area contributed by atoms with Gasteiger partial charge in [-0.1, -0.05) is 36.4 Å². The number of anilines is 1. The van der Waals surface area contributed by atoms with Gasteiger partial charge in [0.15, 0.2) is 0 Å². The molecule has 5 rings (SSSR count). The molecule has 0 saturated carbocycles. The summed E-state index contributed by atoms with van der Waals surface area (Å²) in [4.78, 5) is 39.8. The average Bonchev–Trinajstić information content (AvgIpc) is 3.05. The topological polar surface area (TPSA) is 97.3 Å². The molecule has 0 bridgehead atoms. The molecular formula is C36H33N5O3. The number of aromatic nitrogens is 3. The number of fused-ring (bicyclic) bond motifs is 1. The predicted octanol–water partition coefficient (Wildman–Crippen LogP) is 6.18. The number of hydrogen-bond acceptors (Lipinski definition) is 6. The lowest BCUT2D eigenvalue weighted by Gasteiger charge is -2.18. The summed E-state index contributed by atoms with van der Waals surface area (Å²) in [6.07, 6.45) is 12.1. The highest BCUT2D eigenvalue weighted by Gasteiger charge is 2.13. The fraction of sp³-hybridized carbons (Fsp3) is 0.139. The Morgan fingerprint density at radius 2 is 1.73 bits per heavy atom. The Hall–Kier alpha value is -5.63. The summed E-state index contributed by atoms with van der Waals surface area (Å²) in [6, 6.07) is 23.1. The molecule has 5 aromatic rings. The van der Waals surface area contributed by atoms with Crippen LogP contribution < -0.4 is 15.0 Å². The van der Waals surface area contributed by atoms with E-state index in [-0.39, 0.29) is 18.4 Å². The molecule has 0 saturated heterocycles. The van der Waals surface area contributed by atoms with Crippen LogP contribution in [0.25, 0.3) is 29.1 Å². The fourth-order valence-electron chi connectivity index (χ4n) is 4.61. The van der Waals surface area contributed by atoms with Crippen molar-refractivity contribution in [3.8, 4) is 5.75 Å². The Morgan fingerprint density at radius 3 is 2.52 bits per heavy atom. The van der Waals surface area contributed by atoms with Crippen LogP contribution in [0.1, 0.15) is 33.6 Å². The van der Waals surface area contributed by atoms with Crippen LogP contribution in [0, 0.1) is 13.8 Å². The van der Waals surface area contributed by atoms with Gasteiger partial charge in [0.05, 0.1) is 12.2 Å². The molecule has 3 aromatic heterocycles. The second-order valence-electron chi connectivity index (χ2n) is 10.3. The second-order valence-corrected chi connectivity index (χ2v) is 10.3. The highest BCUT2D eigenvalue weighted by atomic mass is 16.5. The number of aryl methyl sites for hydroxylation is 2. The van der Waals surface area contributed by atoms with E-state index in [0.29, 0.717) is 18.0 Å². The SMILES string of the molecule is Cc1cc(C)c2cccc(OCc3cccc(N(C)C(=O)CNC(=O)C=Cc4ccc(C=Cc5ccncc5)nc4)c3)c2n1. The lowest BCUT2D eigenvalue weighted by molar-refractivity contribution is -0.122. The Morgan fingerprint density at radius 1 is 0.909 bits per heavy atom. The summed E-state index contributed by atoms with van der Waals surface area (Å²) in [5.41, 5.74) is 7.13. The minimum Gasteiger partial charge on any atom is -0.487 e. The first-order valence-electron chi connectivity index (χ1n) is 14.2. The van der Waals surface area contributed by atoms with Crippen molar-refractivity contribution in [2.75, 3.05) is 18.5 Å². The van der Waals surface area contributed by atoms with E-state index >= 15 is 0 Å². The minimum absolute atomic E-state index is 0.141. The zero-order valence-electron chi connectivity index (χ0n) is 24.9. The van der Waals surface area contributed by atoms with Gasteiger partial charge in [0.2, 0.25) is 11.8 Å². The van der Waals surface area contributed by atoms with Crippen LogP contribution in [-0.4, -0.2) is 40.4 Å². The van der Waals surface area contributed by atoms with Gasteiger partial charge in [-0.25, -0.2) is 4.98 Å². The third kappa shape index (κ3) is 7.80. The Bertz CT molecular complexity index is 1830. The number of carbonyl (C=O) groups excluding carboxylic acids is 2. The number of amides is 2. The molecule has 0 fully saturated rings. The molecule has 8 nitrogen and oxygen atoms in total. The maximum Gasteiger partial charge on any atom is 0.246 e. The lowest BCUT2D eigenvalue weighted by atomic mass is 10.1. The first kappa shape index (κ1) is 29.8. The summed E-state index contributed by atoms with van der Waals surface area (Å²) in [5, 5.41) is 3.71. The van der Waals surface area contributed by atoms with Gasteiger partial charge < -0.3 is 15.0 Å². The van der Waals surface area contributed by atoms with Crippen molar-refractivity contribution in [3.05, 3.63) is 131 Å². The minimum atomic E-state index is -0.371. The molecule has 3 heterocycles. The Kier molecular flexibility index (Phi) is 9.51. The molecule has 2 amide bonds. The van der Waals surface area contributed by atoms with Crippen LogP contribution in [0.3, 0.4) is 0 Å². The first-order valence-corrected chi connectivity index (χ1v) is 14.2. The quantitative estimate of drug-likeness (QED) is 0.197. The van der Waals surface area contributed by atoms with E-state index in [1.165, 1.54) is 11.0 Å². The van der Waals surface area contributed by atoms with Gasteiger partial charge in [-0.2, -0.15) is 0 Å². The van der Waals surface area contributed by atoms with Crippen LogP contribution in [-0.2, 0) is 16.2 Å². The van der Waals surface area contributed by atoms with Gasteiger partial charge in [-0.15, -0.1) is 0 Å². The number of nitrogens with one attached hydrogen (secondary N) is 1. The Balaban J connectivity index is 1.12. The Labute approximate surface area is 256 Å². The molecule has 220 valence electrons. The molecule has 8 heteroatoms. The number of rotatable bonds is 10. The van der Waals surface area contributed by atoms with Crippen molar-refractivity contribution in [1.82, 2.24) is 20.3 Å². The van der Waals surface area contributed by atoms with E-state index in [1.807, 2.05) is 85.8 Å². The number of carbonyl (C=O) groups is 2. The molecule has 0 unspecified atom stereocenters. The zero-order chi connectivity index (χ0) is 30.9. The van der Waals surface area contributed by atoms with E-state index in [2.05, 4.69) is 33.3 Å². The van der Waals surface area contributed by atoms with Gasteiger partial charge in [0, 0.05) is 48.5 Å². The third-order valence-corrected chi connectivity index (χ3v) is 7.01. The average molecular weight is 584 g/mol. The van der Waals surface area contributed by atoms with Crippen LogP contribution in [0.15, 0.2) is 97.5 Å². The molecule has 0 aliphatic heterocycles. The number of ether oxygens (including phenoxy) is 1. The normalized spacial score (nSPS) is 11.2. The monoisotopic (exact) mass is 583 g/mol. The number of nitrogens with zero attached hydrogens (tertiary/aromatic N) is 4. The number of para-hydroxylation sites is 1. The van der Waals surface area contributed by atoms with Gasteiger partial charge in [-0.3, -0.25) is 19.6 Å². The van der Waals surface area contributed by atoms with Crippen LogP contribution >= 0.6 is 0 Å². The van der Waals surface area contributed by atoms with E-state index in [1.54, 1.807) is 31.7 Å². The van der Waals surface area contributed by atoms with Gasteiger partial charge in [-0.05, 0) is 90.7 Å². The van der Waals surface area contributed by atoms with Crippen molar-refractivity contribution < 1.29 is 14.3 Å². The van der Waals surface area contributed by atoms with Crippen LogP contribution in [0.4, 0.5) is 5.69 Å². The summed E-state index contributed by atoms with van der Waals surface area (Å²) >= 11 is 0. The van der Waals surface area contributed by atoms with Crippen molar-refractivity contribution in [1.29, 1.82) is 0 Å². The van der Waals surface area contributed by atoms with Crippen molar-refractivity contribution in [3.63, 3.8) is 0 Å². The smallest absolute Gasteiger partial charge is 0.246 e. The van der Waals surface area contributed by atoms with E-state index < -0.39 is 0 Å². The molecule has 0 radical (unpaired) electrons. The summed E-state index contributed by atoms with van der Waals surface area (Å²) < 4.78 is 6.15. The van der Waals surface area contributed by atoms with Crippen molar-refractivity contribution in [2.24, 2.45) is 0 Å². The number of benzene rings is 2. The summed E-state index contributed by atoms with van der Waals surface area (Å²) in [6.45, 7) is 4.22. The maximum atomic E-state index is 12.9. The number of hydrogen-bond donors (Lipinski definition) is 1. The van der Waals surface area contributed by atoms with Gasteiger partial charge >= 0.3 is 0 Å². The van der Waals surface area contributed by atoms with E-state index in [0.717, 1.165) is 44.5 Å². The lowest BCUT2D eigenvalue weighted by Crippen LogP contribution is -2.37. The molecule has 0 atom stereocenters. The molecule has 1 N–H and O–H groups in total. The largest absolute Gasteiger partial charge is 0.487 e. The second kappa shape index (κ2) is 14.0. The van der Waals surface area contributed by atoms with Gasteiger partial charge in [0.25, 0.3) is 0 Å². The standard InChI is InChI=1S/C36H33N5O3/c1-25-20-26(2)40-36-32(25)8-5-9-33(36)44-24-29-6-4-7-31(21-29)41(3)35(43)23-39-34(42)15-12-28-11-14-30(38-22-28)13-10-27-16-18-37-19-17-27/h4-22H,23-24H2,1-3H3,(H,39,42). The highest BCUT2D eigenvalue weighted by molar-refractivity contribution is 5.99. The van der Waals surface area contributed by atoms with Crippen molar-refractivity contribution in [2.45, 2.75) is 20.5 Å². The van der Waals surface area contributed by atoms with E-state index in [4.69, 9.17) is 4.74 Å². The fourth-order valence-corrected chi connectivity index (χ4v) is 4.61. The number of pyridine rings is 3. The van der Waals surface area contributed by atoms with Gasteiger partial charge in [0.1, 0.15) is 17.9 Å². The number of likely N-dealkylation sites (N-methyl/N-ethyl adjacent to an activating group) is 1. The molecule has 44 heavy (non-hydrogen) atoms. The summed E-state index contributed by atoms with van der Waals surface area (Å²) in [5.74, 6) is 0.0928. The van der Waals surface area contributed by atoms with E-state index in [9.17, 15) is 9.59 Å². The molecule has 0 aliphatic rings. The third-order valence-electron chi connectivity index (χ3n) is 7.01. The summed E-state index contributed by atoms with van der Waals surface area (Å²) in [7, 11) is 1.68. The first-order chi connectivity index (χ1) is 21.4. The maximum absolute atomic E-state index is 12.9. The van der Waals surface area contributed by atoms with Crippen LogP contribution in [0.2, 0.25) is 0 Å². The zero-order valence-corrected chi connectivity index (χ0v) is 24.9. The molecule has 0 spiro atoms. The highest BCUT2D eigenvalue weighted by Crippen LogP contribution is 2.27. The van der Waals surface area contributed by atoms with Crippen molar-refractivity contribution >= 4 is 46.6 Å².